The zero-order valence-corrected chi connectivity index (χ0v) is 14.6. The molecule has 4 heteroatoms. The number of hydrogen-bond acceptors (Lipinski definition) is 2. The molecule has 3 nitrogen and oxygen atoms in total. The Balaban J connectivity index is 2.00. The molecule has 2 rings (SSSR count). The Hall–Kier alpha value is -2.00. The summed E-state index contributed by atoms with van der Waals surface area (Å²) < 4.78 is 5.65. The number of nitrogens with one attached hydrogen (secondary N) is 1. The van der Waals surface area contributed by atoms with Crippen molar-refractivity contribution in [3.63, 3.8) is 0 Å². The van der Waals surface area contributed by atoms with Gasteiger partial charge in [0, 0.05) is 5.02 Å². The van der Waals surface area contributed by atoms with Gasteiger partial charge in [-0.2, -0.15) is 0 Å². The van der Waals surface area contributed by atoms with Crippen molar-refractivity contribution >= 4 is 17.5 Å². The van der Waals surface area contributed by atoms with Crippen molar-refractivity contribution in [3.8, 4) is 5.75 Å². The van der Waals surface area contributed by atoms with Crippen LogP contribution in [0.2, 0.25) is 5.02 Å². The topological polar surface area (TPSA) is 38.3 Å². The van der Waals surface area contributed by atoms with E-state index in [1.54, 1.807) is 31.2 Å². The van der Waals surface area contributed by atoms with Crippen molar-refractivity contribution in [1.29, 1.82) is 0 Å². The highest BCUT2D eigenvalue weighted by Crippen LogP contribution is 2.20. The second kappa shape index (κ2) is 7.51. The van der Waals surface area contributed by atoms with Crippen molar-refractivity contribution in [2.75, 3.05) is 0 Å². The van der Waals surface area contributed by atoms with Crippen LogP contribution in [0.4, 0.5) is 0 Å². The largest absolute Gasteiger partial charge is 0.481 e. The molecule has 0 aliphatic rings. The van der Waals surface area contributed by atoms with Crippen LogP contribution in [0.15, 0.2) is 42.5 Å². The minimum absolute atomic E-state index is 0.0707. The first kappa shape index (κ1) is 17.4. The third-order valence-electron chi connectivity index (χ3n) is 3.76. The normalized spacial score (nSPS) is 13.3. The lowest BCUT2D eigenvalue weighted by molar-refractivity contribution is -0.127. The van der Waals surface area contributed by atoms with Gasteiger partial charge in [-0.05, 0) is 63.1 Å². The Morgan fingerprint density at radius 1 is 1.09 bits per heavy atom. The molecule has 1 amide bonds. The average molecular weight is 332 g/mol. The lowest BCUT2D eigenvalue weighted by atomic mass is 10.00. The maximum atomic E-state index is 12.3. The fourth-order valence-corrected chi connectivity index (χ4v) is 2.53. The highest BCUT2D eigenvalue weighted by atomic mass is 35.5. The minimum atomic E-state index is -0.580. The monoisotopic (exact) mass is 331 g/mol. The molecule has 0 saturated heterocycles. The van der Waals surface area contributed by atoms with Crippen LogP contribution in [0.25, 0.3) is 0 Å². The van der Waals surface area contributed by atoms with Gasteiger partial charge in [0.2, 0.25) is 0 Å². The van der Waals surface area contributed by atoms with E-state index in [1.807, 2.05) is 20.8 Å². The molecule has 23 heavy (non-hydrogen) atoms. The van der Waals surface area contributed by atoms with Gasteiger partial charge in [0.05, 0.1) is 6.04 Å². The van der Waals surface area contributed by atoms with Crippen LogP contribution >= 0.6 is 11.6 Å². The molecule has 1 N–H and O–H groups in total. The van der Waals surface area contributed by atoms with Crippen molar-refractivity contribution in [3.05, 3.63) is 64.2 Å². The molecule has 0 heterocycles. The summed E-state index contributed by atoms with van der Waals surface area (Å²) >= 11 is 5.84. The molecule has 0 saturated carbocycles. The van der Waals surface area contributed by atoms with Gasteiger partial charge in [0.15, 0.2) is 6.10 Å². The van der Waals surface area contributed by atoms with Crippen LogP contribution in [0.1, 0.15) is 36.6 Å². The number of carbonyl (C=O) groups is 1. The maximum absolute atomic E-state index is 12.3. The first-order chi connectivity index (χ1) is 10.9. The first-order valence-corrected chi connectivity index (χ1v) is 8.04. The van der Waals surface area contributed by atoms with Crippen LogP contribution < -0.4 is 10.1 Å². The lowest BCUT2D eigenvalue weighted by Gasteiger charge is -2.20. The van der Waals surface area contributed by atoms with Gasteiger partial charge < -0.3 is 10.1 Å². The second-order valence-corrected chi connectivity index (χ2v) is 6.24. The van der Waals surface area contributed by atoms with Gasteiger partial charge in [-0.1, -0.05) is 35.4 Å². The molecule has 0 aliphatic carbocycles. The van der Waals surface area contributed by atoms with Crippen LogP contribution in [0.3, 0.4) is 0 Å². The highest BCUT2D eigenvalue weighted by molar-refractivity contribution is 6.30. The van der Waals surface area contributed by atoms with Crippen LogP contribution in [-0.4, -0.2) is 12.0 Å². The third-order valence-corrected chi connectivity index (χ3v) is 4.01. The Morgan fingerprint density at radius 3 is 2.39 bits per heavy atom. The molecule has 0 aliphatic heterocycles. The molecule has 122 valence electrons. The highest BCUT2D eigenvalue weighted by Gasteiger charge is 2.18. The summed E-state index contributed by atoms with van der Waals surface area (Å²) in [5.41, 5.74) is 3.46. The summed E-state index contributed by atoms with van der Waals surface area (Å²) in [6.07, 6.45) is -0.580. The predicted molar refractivity (Wildman–Crippen MR) is 94.0 cm³/mol. The summed E-state index contributed by atoms with van der Waals surface area (Å²) in [4.78, 5) is 12.3. The van der Waals surface area contributed by atoms with Crippen molar-refractivity contribution < 1.29 is 9.53 Å². The molecule has 2 aromatic rings. The summed E-state index contributed by atoms with van der Waals surface area (Å²) in [6.45, 7) is 7.81. The molecule has 2 atom stereocenters. The summed E-state index contributed by atoms with van der Waals surface area (Å²) in [6, 6.07) is 13.1. The van der Waals surface area contributed by atoms with E-state index >= 15 is 0 Å². The molecule has 0 fully saturated rings. The van der Waals surface area contributed by atoms with Crippen molar-refractivity contribution in [1.82, 2.24) is 5.32 Å². The number of aryl methyl sites for hydroxylation is 2. The van der Waals surface area contributed by atoms with Crippen molar-refractivity contribution in [2.24, 2.45) is 0 Å². The van der Waals surface area contributed by atoms with Gasteiger partial charge in [-0.25, -0.2) is 0 Å². The molecular formula is C19H22ClNO2. The Labute approximate surface area is 142 Å². The fourth-order valence-electron chi connectivity index (χ4n) is 2.41. The maximum Gasteiger partial charge on any atom is 0.261 e. The van der Waals surface area contributed by atoms with E-state index in [2.05, 4.69) is 23.5 Å². The smallest absolute Gasteiger partial charge is 0.261 e. The molecule has 0 bridgehead atoms. The van der Waals surface area contributed by atoms with Gasteiger partial charge in [-0.15, -0.1) is 0 Å². The van der Waals surface area contributed by atoms with E-state index in [9.17, 15) is 4.79 Å². The number of hydrogen-bond donors (Lipinski definition) is 1. The van der Waals surface area contributed by atoms with E-state index in [0.29, 0.717) is 10.8 Å². The van der Waals surface area contributed by atoms with E-state index in [0.717, 1.165) is 11.1 Å². The first-order valence-electron chi connectivity index (χ1n) is 7.66. The van der Waals surface area contributed by atoms with Gasteiger partial charge in [-0.3, -0.25) is 4.79 Å². The Bertz CT molecular complexity index is 682. The Kier molecular flexibility index (Phi) is 5.67. The number of halogens is 1. The quantitative estimate of drug-likeness (QED) is 0.869. The zero-order valence-electron chi connectivity index (χ0n) is 13.9. The van der Waals surface area contributed by atoms with Crippen molar-refractivity contribution in [2.45, 2.75) is 39.8 Å². The lowest BCUT2D eigenvalue weighted by Crippen LogP contribution is -2.38. The molecule has 0 spiro atoms. The van der Waals surface area contributed by atoms with Crippen LogP contribution in [0, 0.1) is 13.8 Å². The van der Waals surface area contributed by atoms with Gasteiger partial charge in [0.1, 0.15) is 5.75 Å². The van der Waals surface area contributed by atoms with E-state index in [1.165, 1.54) is 5.56 Å². The fraction of sp³-hybridized carbons (Fsp3) is 0.316. The number of rotatable bonds is 5. The summed E-state index contributed by atoms with van der Waals surface area (Å²) in [7, 11) is 0. The Morgan fingerprint density at radius 2 is 1.74 bits per heavy atom. The van der Waals surface area contributed by atoms with Gasteiger partial charge >= 0.3 is 0 Å². The van der Waals surface area contributed by atoms with E-state index in [-0.39, 0.29) is 11.9 Å². The van der Waals surface area contributed by atoms with Crippen LogP contribution in [0.5, 0.6) is 5.75 Å². The SMILES string of the molecule is Cc1ccc(C)c([C@@H](C)NC(=O)[C@H](C)Oc2ccc(Cl)cc2)c1. The number of carbonyl (C=O) groups excluding carboxylic acids is 1. The summed E-state index contributed by atoms with van der Waals surface area (Å²) in [5, 5.41) is 3.64. The third kappa shape index (κ3) is 4.73. The number of benzene rings is 2. The molecule has 0 radical (unpaired) electrons. The van der Waals surface area contributed by atoms with Crippen LogP contribution in [-0.2, 0) is 4.79 Å². The van der Waals surface area contributed by atoms with E-state index < -0.39 is 6.10 Å². The molecule has 0 aromatic heterocycles. The average Bonchev–Trinajstić information content (AvgIpc) is 2.51. The number of amides is 1. The number of ether oxygens (including phenoxy) is 1. The molecule has 0 unspecified atom stereocenters. The zero-order chi connectivity index (χ0) is 17.0. The standard InChI is InChI=1S/C19H22ClNO2/c1-12-5-6-13(2)18(11-12)14(3)21-19(22)15(4)23-17-9-7-16(20)8-10-17/h5-11,14-15H,1-4H3,(H,21,22)/t14-,15+/m1/s1. The predicted octanol–water partition coefficient (Wildman–Crippen LogP) is 4.60. The summed E-state index contributed by atoms with van der Waals surface area (Å²) in [5.74, 6) is 0.477. The minimum Gasteiger partial charge on any atom is -0.481 e. The second-order valence-electron chi connectivity index (χ2n) is 5.80. The molecule has 2 aromatic carbocycles. The molecular weight excluding hydrogens is 310 g/mol. The van der Waals surface area contributed by atoms with E-state index in [4.69, 9.17) is 16.3 Å². The van der Waals surface area contributed by atoms with Gasteiger partial charge in [0.25, 0.3) is 5.91 Å².